The van der Waals surface area contributed by atoms with Crippen LogP contribution in [0.15, 0.2) is 30.3 Å². The first-order valence-corrected chi connectivity index (χ1v) is 9.29. The molecular formula is C21H21ClN2O5. The summed E-state index contributed by atoms with van der Waals surface area (Å²) < 4.78 is 21.6. The van der Waals surface area contributed by atoms with Gasteiger partial charge in [-0.05, 0) is 47.9 Å². The van der Waals surface area contributed by atoms with Gasteiger partial charge in [0.05, 0.1) is 33.3 Å². The number of ether oxygens (including phenoxy) is 4. The fourth-order valence-corrected chi connectivity index (χ4v) is 3.44. The standard InChI is InChI=1S/C21H21ClN2O5/c1-26-18-8-12(9-19(27-2)20(18)28-3)16(10-23)24-21(25)14-6-13-7-15(22)4-5-17(13)29-11-14/h4-5,7-9,14,16H,6,11H2,1-3H3,(H,24,25). The molecule has 0 saturated heterocycles. The molecule has 8 heteroatoms. The minimum Gasteiger partial charge on any atom is -0.493 e. The van der Waals surface area contributed by atoms with Crippen molar-refractivity contribution in [2.24, 2.45) is 5.92 Å². The Morgan fingerprint density at radius 3 is 2.48 bits per heavy atom. The highest BCUT2D eigenvalue weighted by Crippen LogP contribution is 2.39. The maximum absolute atomic E-state index is 12.8. The number of amides is 1. The summed E-state index contributed by atoms with van der Waals surface area (Å²) >= 11 is 6.04. The molecule has 1 N–H and O–H groups in total. The molecule has 1 heterocycles. The summed E-state index contributed by atoms with van der Waals surface area (Å²) in [5, 5.41) is 13.0. The molecule has 2 unspecified atom stereocenters. The maximum atomic E-state index is 12.8. The van der Waals surface area contributed by atoms with Gasteiger partial charge in [-0.1, -0.05) is 11.6 Å². The van der Waals surface area contributed by atoms with E-state index in [2.05, 4.69) is 11.4 Å². The molecule has 29 heavy (non-hydrogen) atoms. The molecule has 0 bridgehead atoms. The zero-order chi connectivity index (χ0) is 21.0. The number of benzene rings is 2. The van der Waals surface area contributed by atoms with Crippen LogP contribution in [-0.4, -0.2) is 33.8 Å². The van der Waals surface area contributed by atoms with Gasteiger partial charge >= 0.3 is 0 Å². The average Bonchev–Trinajstić information content (AvgIpc) is 2.75. The van der Waals surface area contributed by atoms with Gasteiger partial charge in [0.2, 0.25) is 11.7 Å². The lowest BCUT2D eigenvalue weighted by atomic mass is 9.95. The van der Waals surface area contributed by atoms with Gasteiger partial charge in [-0.25, -0.2) is 0 Å². The third-order valence-corrected chi connectivity index (χ3v) is 4.97. The fraction of sp³-hybridized carbons (Fsp3) is 0.333. The normalized spacial score (nSPS) is 15.9. The quantitative estimate of drug-likeness (QED) is 0.777. The number of nitrogens with one attached hydrogen (secondary N) is 1. The van der Waals surface area contributed by atoms with E-state index in [0.29, 0.717) is 34.3 Å². The van der Waals surface area contributed by atoms with Crippen molar-refractivity contribution >= 4 is 17.5 Å². The second-order valence-electron chi connectivity index (χ2n) is 6.49. The van der Waals surface area contributed by atoms with E-state index in [0.717, 1.165) is 11.3 Å². The molecule has 0 aliphatic carbocycles. The van der Waals surface area contributed by atoms with Crippen molar-refractivity contribution < 1.29 is 23.7 Å². The Morgan fingerprint density at radius 2 is 1.90 bits per heavy atom. The van der Waals surface area contributed by atoms with Crippen LogP contribution in [0.2, 0.25) is 5.02 Å². The van der Waals surface area contributed by atoms with Crippen molar-refractivity contribution in [2.75, 3.05) is 27.9 Å². The summed E-state index contributed by atoms with van der Waals surface area (Å²) in [7, 11) is 4.47. The molecule has 0 aromatic heterocycles. The van der Waals surface area contributed by atoms with Gasteiger partial charge in [0.1, 0.15) is 18.4 Å². The molecule has 0 fully saturated rings. The predicted molar refractivity (Wildman–Crippen MR) is 107 cm³/mol. The minimum atomic E-state index is -0.892. The highest BCUT2D eigenvalue weighted by Gasteiger charge is 2.29. The van der Waals surface area contributed by atoms with E-state index in [1.54, 1.807) is 30.3 Å². The molecular weight excluding hydrogens is 396 g/mol. The van der Waals surface area contributed by atoms with E-state index in [4.69, 9.17) is 30.5 Å². The molecule has 7 nitrogen and oxygen atoms in total. The monoisotopic (exact) mass is 416 g/mol. The number of hydrogen-bond donors (Lipinski definition) is 1. The van der Waals surface area contributed by atoms with Crippen LogP contribution in [0.25, 0.3) is 0 Å². The molecule has 2 atom stereocenters. The van der Waals surface area contributed by atoms with Gasteiger partial charge in [0.25, 0.3) is 0 Å². The molecule has 3 rings (SSSR count). The molecule has 0 radical (unpaired) electrons. The van der Waals surface area contributed by atoms with Gasteiger partial charge in [-0.2, -0.15) is 5.26 Å². The van der Waals surface area contributed by atoms with Crippen LogP contribution in [0.3, 0.4) is 0 Å². The number of methoxy groups -OCH3 is 3. The second-order valence-corrected chi connectivity index (χ2v) is 6.93. The first-order chi connectivity index (χ1) is 14.0. The Kier molecular flexibility index (Phi) is 6.35. The topological polar surface area (TPSA) is 89.8 Å². The van der Waals surface area contributed by atoms with Crippen LogP contribution in [-0.2, 0) is 11.2 Å². The van der Waals surface area contributed by atoms with E-state index >= 15 is 0 Å². The minimum absolute atomic E-state index is 0.230. The summed E-state index contributed by atoms with van der Waals surface area (Å²) in [6.45, 7) is 0.230. The third-order valence-electron chi connectivity index (χ3n) is 4.74. The van der Waals surface area contributed by atoms with Crippen molar-refractivity contribution in [3.05, 3.63) is 46.5 Å². The number of halogens is 1. The van der Waals surface area contributed by atoms with Crippen molar-refractivity contribution in [2.45, 2.75) is 12.5 Å². The number of fused-ring (bicyclic) bond motifs is 1. The molecule has 152 valence electrons. The fourth-order valence-electron chi connectivity index (χ4n) is 3.25. The summed E-state index contributed by atoms with van der Waals surface area (Å²) in [5.41, 5.74) is 1.39. The lowest BCUT2D eigenvalue weighted by Crippen LogP contribution is -2.39. The van der Waals surface area contributed by atoms with E-state index in [9.17, 15) is 10.1 Å². The van der Waals surface area contributed by atoms with Gasteiger partial charge in [0, 0.05) is 5.02 Å². The summed E-state index contributed by atoms with van der Waals surface area (Å²) in [6, 6.07) is 9.83. The number of carbonyl (C=O) groups is 1. The highest BCUT2D eigenvalue weighted by molar-refractivity contribution is 6.30. The van der Waals surface area contributed by atoms with Crippen LogP contribution in [0, 0.1) is 17.2 Å². The largest absolute Gasteiger partial charge is 0.493 e. The maximum Gasteiger partial charge on any atom is 0.228 e. The van der Waals surface area contributed by atoms with Gasteiger partial charge in [0.15, 0.2) is 11.5 Å². The zero-order valence-electron chi connectivity index (χ0n) is 16.3. The lowest BCUT2D eigenvalue weighted by molar-refractivity contribution is -0.126. The number of rotatable bonds is 6. The molecule has 1 aliphatic heterocycles. The number of hydrogen-bond acceptors (Lipinski definition) is 6. The zero-order valence-corrected chi connectivity index (χ0v) is 17.1. The Morgan fingerprint density at radius 1 is 1.21 bits per heavy atom. The van der Waals surface area contributed by atoms with E-state index < -0.39 is 12.0 Å². The Hall–Kier alpha value is -3.11. The number of nitrogens with zero attached hydrogens (tertiary/aromatic N) is 1. The summed E-state index contributed by atoms with van der Waals surface area (Å²) in [4.78, 5) is 12.8. The van der Waals surface area contributed by atoms with E-state index in [-0.39, 0.29) is 12.5 Å². The van der Waals surface area contributed by atoms with Crippen LogP contribution in [0.5, 0.6) is 23.0 Å². The van der Waals surface area contributed by atoms with Gasteiger partial charge < -0.3 is 24.3 Å². The molecule has 2 aromatic carbocycles. The van der Waals surface area contributed by atoms with Gasteiger partial charge in [-0.3, -0.25) is 4.79 Å². The van der Waals surface area contributed by atoms with E-state index in [1.165, 1.54) is 21.3 Å². The Bertz CT molecular complexity index is 932. The van der Waals surface area contributed by atoms with Crippen LogP contribution in [0.1, 0.15) is 17.2 Å². The van der Waals surface area contributed by atoms with Crippen LogP contribution < -0.4 is 24.3 Å². The highest BCUT2D eigenvalue weighted by atomic mass is 35.5. The molecule has 1 aliphatic rings. The van der Waals surface area contributed by atoms with Crippen molar-refractivity contribution in [3.8, 4) is 29.1 Å². The predicted octanol–water partition coefficient (Wildman–Crippen LogP) is 3.30. The first kappa shape index (κ1) is 20.6. The van der Waals surface area contributed by atoms with Crippen molar-refractivity contribution in [1.82, 2.24) is 5.32 Å². The van der Waals surface area contributed by atoms with Crippen molar-refractivity contribution in [1.29, 1.82) is 5.26 Å². The van der Waals surface area contributed by atoms with Crippen molar-refractivity contribution in [3.63, 3.8) is 0 Å². The number of nitriles is 1. The third kappa shape index (κ3) is 4.33. The molecule has 2 aromatic rings. The van der Waals surface area contributed by atoms with Gasteiger partial charge in [-0.15, -0.1) is 0 Å². The molecule has 1 amide bonds. The second kappa shape index (κ2) is 8.93. The summed E-state index contributed by atoms with van der Waals surface area (Å²) in [5.74, 6) is 1.23. The lowest BCUT2D eigenvalue weighted by Gasteiger charge is -2.26. The summed E-state index contributed by atoms with van der Waals surface area (Å²) in [6.07, 6.45) is 0.481. The first-order valence-electron chi connectivity index (χ1n) is 8.91. The SMILES string of the molecule is COc1cc(C(C#N)NC(=O)C2COc3ccc(Cl)cc3C2)cc(OC)c1OC. The van der Waals surface area contributed by atoms with E-state index in [1.807, 2.05) is 0 Å². The number of carbonyl (C=O) groups excluding carboxylic acids is 1. The van der Waals surface area contributed by atoms with Crippen LogP contribution in [0.4, 0.5) is 0 Å². The average molecular weight is 417 g/mol. The smallest absolute Gasteiger partial charge is 0.228 e. The molecule has 0 spiro atoms. The Labute approximate surface area is 174 Å². The Balaban J connectivity index is 1.80. The molecule has 0 saturated carbocycles. The van der Waals surface area contributed by atoms with Crippen LogP contribution >= 0.6 is 11.6 Å².